The number of carbonyl (C=O) groups excluding carboxylic acids is 1. The fourth-order valence-electron chi connectivity index (χ4n) is 2.68. The summed E-state index contributed by atoms with van der Waals surface area (Å²) in [5.41, 5.74) is 1.14. The molecule has 2 aromatic rings. The molecule has 0 bridgehead atoms. The summed E-state index contributed by atoms with van der Waals surface area (Å²) in [6.45, 7) is 3.34. The standard InChI is InChI=1S/C17H19NO2S/c1-13-11-18(17(19)10-15-8-5-9-21-15)12-16(20-13)14-6-3-2-4-7-14/h2-9,13,16H,10-12H2,1H3. The number of rotatable bonds is 3. The van der Waals surface area contributed by atoms with Gasteiger partial charge in [0.25, 0.3) is 0 Å². The predicted molar refractivity (Wildman–Crippen MR) is 84.3 cm³/mol. The lowest BCUT2D eigenvalue weighted by Gasteiger charge is -2.37. The van der Waals surface area contributed by atoms with E-state index >= 15 is 0 Å². The number of thiophene rings is 1. The summed E-state index contributed by atoms with van der Waals surface area (Å²) in [7, 11) is 0. The predicted octanol–water partition coefficient (Wildman–Crippen LogP) is 3.28. The van der Waals surface area contributed by atoms with Gasteiger partial charge in [-0.05, 0) is 23.9 Å². The lowest BCUT2D eigenvalue weighted by Crippen LogP contribution is -2.46. The molecule has 1 aromatic carbocycles. The van der Waals surface area contributed by atoms with Gasteiger partial charge in [0.2, 0.25) is 5.91 Å². The number of nitrogens with zero attached hydrogens (tertiary/aromatic N) is 1. The smallest absolute Gasteiger partial charge is 0.228 e. The van der Waals surface area contributed by atoms with E-state index in [0.717, 1.165) is 10.4 Å². The Morgan fingerprint density at radius 2 is 2.05 bits per heavy atom. The first kappa shape index (κ1) is 14.3. The maximum Gasteiger partial charge on any atom is 0.228 e. The molecule has 0 N–H and O–H groups in total. The van der Waals surface area contributed by atoms with Gasteiger partial charge >= 0.3 is 0 Å². The van der Waals surface area contributed by atoms with Gasteiger partial charge in [-0.3, -0.25) is 4.79 Å². The summed E-state index contributed by atoms with van der Waals surface area (Å²) in [5, 5.41) is 2.01. The highest BCUT2D eigenvalue weighted by atomic mass is 32.1. The highest BCUT2D eigenvalue weighted by Gasteiger charge is 2.29. The zero-order chi connectivity index (χ0) is 14.7. The Bertz CT molecular complexity index is 582. The van der Waals surface area contributed by atoms with E-state index in [1.807, 2.05) is 47.5 Å². The van der Waals surface area contributed by atoms with E-state index < -0.39 is 0 Å². The van der Waals surface area contributed by atoms with Gasteiger partial charge in [0.1, 0.15) is 6.10 Å². The van der Waals surface area contributed by atoms with Gasteiger partial charge in [0.15, 0.2) is 0 Å². The second-order valence-corrected chi connectivity index (χ2v) is 6.43. The summed E-state index contributed by atoms with van der Waals surface area (Å²) in [6.07, 6.45) is 0.532. The van der Waals surface area contributed by atoms with Crippen molar-refractivity contribution < 1.29 is 9.53 Å². The number of benzene rings is 1. The highest BCUT2D eigenvalue weighted by Crippen LogP contribution is 2.25. The van der Waals surface area contributed by atoms with Crippen LogP contribution in [0.5, 0.6) is 0 Å². The lowest BCUT2D eigenvalue weighted by atomic mass is 10.1. The van der Waals surface area contributed by atoms with Gasteiger partial charge in [0, 0.05) is 11.4 Å². The van der Waals surface area contributed by atoms with Crippen molar-refractivity contribution in [3.8, 4) is 0 Å². The van der Waals surface area contributed by atoms with Crippen LogP contribution in [0.1, 0.15) is 23.5 Å². The number of hydrogen-bond donors (Lipinski definition) is 0. The van der Waals surface area contributed by atoms with E-state index in [1.165, 1.54) is 0 Å². The van der Waals surface area contributed by atoms with E-state index in [2.05, 4.69) is 12.1 Å². The summed E-state index contributed by atoms with van der Waals surface area (Å²) in [5.74, 6) is 0.188. The Labute approximate surface area is 129 Å². The molecule has 1 fully saturated rings. The van der Waals surface area contributed by atoms with Crippen LogP contribution in [0.25, 0.3) is 0 Å². The van der Waals surface area contributed by atoms with E-state index in [0.29, 0.717) is 19.5 Å². The Balaban J connectivity index is 1.69. The maximum absolute atomic E-state index is 12.5. The lowest BCUT2D eigenvalue weighted by molar-refractivity contribution is -0.144. The van der Waals surface area contributed by atoms with Gasteiger partial charge < -0.3 is 9.64 Å². The molecule has 1 amide bonds. The van der Waals surface area contributed by atoms with Crippen LogP contribution < -0.4 is 0 Å². The van der Waals surface area contributed by atoms with Crippen molar-refractivity contribution in [3.63, 3.8) is 0 Å². The Morgan fingerprint density at radius 3 is 2.76 bits per heavy atom. The summed E-state index contributed by atoms with van der Waals surface area (Å²) < 4.78 is 6.00. The molecular formula is C17H19NO2S. The molecule has 0 aliphatic carbocycles. The number of ether oxygens (including phenoxy) is 1. The largest absolute Gasteiger partial charge is 0.367 e. The molecule has 4 heteroatoms. The van der Waals surface area contributed by atoms with Gasteiger partial charge in [-0.15, -0.1) is 11.3 Å². The first-order chi connectivity index (χ1) is 10.2. The van der Waals surface area contributed by atoms with E-state index in [9.17, 15) is 4.79 Å². The van der Waals surface area contributed by atoms with E-state index in [4.69, 9.17) is 4.74 Å². The van der Waals surface area contributed by atoms with Crippen LogP contribution in [0.3, 0.4) is 0 Å². The third-order valence-electron chi connectivity index (χ3n) is 3.69. The maximum atomic E-state index is 12.5. The number of carbonyl (C=O) groups is 1. The van der Waals surface area contributed by atoms with Gasteiger partial charge in [-0.1, -0.05) is 36.4 Å². The van der Waals surface area contributed by atoms with Crippen molar-refractivity contribution in [1.82, 2.24) is 4.90 Å². The zero-order valence-electron chi connectivity index (χ0n) is 12.1. The average Bonchev–Trinajstić information content (AvgIpc) is 3.00. The Kier molecular flexibility index (Phi) is 4.36. The monoisotopic (exact) mass is 301 g/mol. The van der Waals surface area contributed by atoms with Gasteiger partial charge in [-0.2, -0.15) is 0 Å². The molecule has 2 atom stereocenters. The molecule has 1 saturated heterocycles. The fraction of sp³-hybridized carbons (Fsp3) is 0.353. The van der Waals surface area contributed by atoms with E-state index in [-0.39, 0.29) is 18.1 Å². The van der Waals surface area contributed by atoms with Crippen molar-refractivity contribution in [3.05, 3.63) is 58.3 Å². The first-order valence-corrected chi connectivity index (χ1v) is 8.11. The fourth-order valence-corrected chi connectivity index (χ4v) is 3.38. The first-order valence-electron chi connectivity index (χ1n) is 7.23. The molecule has 0 spiro atoms. The normalized spacial score (nSPS) is 22.2. The molecule has 0 radical (unpaired) electrons. The summed E-state index contributed by atoms with van der Waals surface area (Å²) in [6, 6.07) is 14.1. The molecule has 1 aromatic heterocycles. The molecule has 1 aliphatic rings. The molecular weight excluding hydrogens is 282 g/mol. The molecule has 110 valence electrons. The molecule has 21 heavy (non-hydrogen) atoms. The summed E-state index contributed by atoms with van der Waals surface area (Å²) >= 11 is 1.63. The van der Waals surface area contributed by atoms with Crippen LogP contribution in [0.4, 0.5) is 0 Å². The Morgan fingerprint density at radius 1 is 1.24 bits per heavy atom. The van der Waals surface area contributed by atoms with Gasteiger partial charge in [-0.25, -0.2) is 0 Å². The van der Waals surface area contributed by atoms with Crippen molar-refractivity contribution in [2.45, 2.75) is 25.6 Å². The van der Waals surface area contributed by atoms with Gasteiger partial charge in [0.05, 0.1) is 19.1 Å². The molecule has 2 unspecified atom stereocenters. The minimum absolute atomic E-state index is 0.0257. The van der Waals surface area contributed by atoms with Crippen molar-refractivity contribution in [2.75, 3.05) is 13.1 Å². The SMILES string of the molecule is CC1CN(C(=O)Cc2cccs2)CC(c2ccccc2)O1. The van der Waals surface area contributed by atoms with Crippen LogP contribution in [-0.2, 0) is 16.0 Å². The van der Waals surface area contributed by atoms with Crippen LogP contribution in [-0.4, -0.2) is 30.0 Å². The minimum Gasteiger partial charge on any atom is -0.367 e. The van der Waals surface area contributed by atoms with E-state index in [1.54, 1.807) is 11.3 Å². The number of amides is 1. The van der Waals surface area contributed by atoms with Crippen LogP contribution in [0.15, 0.2) is 47.8 Å². The van der Waals surface area contributed by atoms with Crippen LogP contribution >= 0.6 is 11.3 Å². The Hall–Kier alpha value is -1.65. The quantitative estimate of drug-likeness (QED) is 0.870. The molecule has 3 rings (SSSR count). The number of morpholine rings is 1. The second kappa shape index (κ2) is 6.41. The molecule has 1 aliphatic heterocycles. The van der Waals surface area contributed by atoms with Crippen LogP contribution in [0.2, 0.25) is 0 Å². The van der Waals surface area contributed by atoms with Crippen molar-refractivity contribution >= 4 is 17.2 Å². The average molecular weight is 301 g/mol. The summed E-state index contributed by atoms with van der Waals surface area (Å²) in [4.78, 5) is 15.5. The number of hydrogen-bond acceptors (Lipinski definition) is 3. The third kappa shape index (κ3) is 3.52. The van der Waals surface area contributed by atoms with Crippen molar-refractivity contribution in [2.24, 2.45) is 0 Å². The molecule has 3 nitrogen and oxygen atoms in total. The molecule has 0 saturated carbocycles. The molecule has 2 heterocycles. The second-order valence-electron chi connectivity index (χ2n) is 5.40. The highest BCUT2D eigenvalue weighted by molar-refractivity contribution is 7.10. The zero-order valence-corrected chi connectivity index (χ0v) is 12.9. The minimum atomic E-state index is -0.0257. The topological polar surface area (TPSA) is 29.5 Å². The van der Waals surface area contributed by atoms with Crippen molar-refractivity contribution in [1.29, 1.82) is 0 Å². The van der Waals surface area contributed by atoms with Crippen LogP contribution in [0, 0.1) is 0 Å². The third-order valence-corrected chi connectivity index (χ3v) is 4.57.